The van der Waals surface area contributed by atoms with Crippen LogP contribution in [0.2, 0.25) is 0 Å². The highest BCUT2D eigenvalue weighted by Crippen LogP contribution is 2.30. The molecule has 12 nitrogen and oxygen atoms in total. The molecule has 0 saturated carbocycles. The Morgan fingerprint density at radius 3 is 1.76 bits per heavy atom. The quantitative estimate of drug-likeness (QED) is 0.150. The number of carbonyl (C=O) groups is 4. The van der Waals surface area contributed by atoms with Gasteiger partial charge in [-0.15, -0.1) is 0 Å². The zero-order valence-electron chi connectivity index (χ0n) is 25.1. The summed E-state index contributed by atoms with van der Waals surface area (Å²) in [6.07, 6.45) is -1.94. The smallest absolute Gasteiger partial charge is 0.458 e. The topological polar surface area (TPSA) is 159 Å². The number of hydrogen-bond donors (Lipinski definition) is 1. The van der Waals surface area contributed by atoms with Crippen LogP contribution in [0.5, 0.6) is 11.5 Å². The van der Waals surface area contributed by atoms with Crippen LogP contribution in [-0.2, 0) is 34.9 Å². The van der Waals surface area contributed by atoms with E-state index in [0.29, 0.717) is 5.56 Å². The van der Waals surface area contributed by atoms with Gasteiger partial charge in [0, 0.05) is 0 Å². The minimum atomic E-state index is -1.09. The molecule has 0 bridgehead atoms. The molecular formula is C29H45NO11. The van der Waals surface area contributed by atoms with Gasteiger partial charge in [0.15, 0.2) is 11.5 Å². The number of nitrogens with two attached hydrogens (primary N) is 1. The molecule has 0 aromatic heterocycles. The van der Waals surface area contributed by atoms with Crippen LogP contribution in [0.25, 0.3) is 0 Å². The molecule has 232 valence electrons. The van der Waals surface area contributed by atoms with Gasteiger partial charge in [-0.1, -0.05) is 60.5 Å². The van der Waals surface area contributed by atoms with E-state index in [-0.39, 0.29) is 62.1 Å². The Labute approximate surface area is 242 Å². The van der Waals surface area contributed by atoms with E-state index in [9.17, 15) is 19.2 Å². The molecule has 0 aliphatic rings. The first-order chi connectivity index (χ1) is 19.3. The number of benzene rings is 1. The molecule has 0 heterocycles. The maximum absolute atomic E-state index is 12.5. The Kier molecular flexibility index (Phi) is 16.2. The summed E-state index contributed by atoms with van der Waals surface area (Å²) in [5.41, 5.74) is 6.52. The van der Waals surface area contributed by atoms with E-state index < -0.39 is 36.6 Å². The zero-order valence-corrected chi connectivity index (χ0v) is 25.1. The standard InChI is InChI=1S/C29H45NO11/c1-8-19(5)15-36-28(33)40-24-11-10-22(13-25(24)41-29(34)37-16-20(6)9-2)12-23(30)26(31)39-21(7)17-38-27(32)35-14-18(3)4/h10-11,13,18-21,23H,8-9,12,14-17,30H2,1-7H3/t19?,20?,21-,23-/m0/s1. The summed E-state index contributed by atoms with van der Waals surface area (Å²) in [5.74, 6) is -0.496. The number of rotatable bonds is 16. The van der Waals surface area contributed by atoms with Crippen LogP contribution < -0.4 is 15.2 Å². The van der Waals surface area contributed by atoms with Crippen molar-refractivity contribution in [2.24, 2.45) is 23.5 Å². The lowest BCUT2D eigenvalue weighted by Crippen LogP contribution is -2.37. The first-order valence-electron chi connectivity index (χ1n) is 13.9. The van der Waals surface area contributed by atoms with Crippen molar-refractivity contribution < 1.29 is 52.3 Å². The Bertz CT molecular complexity index is 982. The van der Waals surface area contributed by atoms with Gasteiger partial charge in [0.1, 0.15) is 18.8 Å². The van der Waals surface area contributed by atoms with Gasteiger partial charge in [-0.05, 0) is 48.8 Å². The number of carbonyl (C=O) groups excluding carboxylic acids is 4. The molecule has 2 unspecified atom stereocenters. The molecule has 1 aromatic carbocycles. The normalized spacial score (nSPS) is 13.8. The van der Waals surface area contributed by atoms with E-state index in [4.69, 9.17) is 38.9 Å². The van der Waals surface area contributed by atoms with Crippen LogP contribution in [0.3, 0.4) is 0 Å². The average Bonchev–Trinajstić information content (AvgIpc) is 2.93. The molecular weight excluding hydrogens is 538 g/mol. The molecule has 0 fully saturated rings. The number of ether oxygens (including phenoxy) is 7. The number of hydrogen-bond acceptors (Lipinski definition) is 12. The lowest BCUT2D eigenvalue weighted by atomic mass is 10.1. The van der Waals surface area contributed by atoms with Crippen molar-refractivity contribution >= 4 is 24.4 Å². The second-order valence-corrected chi connectivity index (χ2v) is 10.5. The Morgan fingerprint density at radius 2 is 1.22 bits per heavy atom. The second-order valence-electron chi connectivity index (χ2n) is 10.5. The van der Waals surface area contributed by atoms with Gasteiger partial charge in [0.2, 0.25) is 0 Å². The Balaban J connectivity index is 2.86. The van der Waals surface area contributed by atoms with E-state index in [1.165, 1.54) is 12.1 Å². The van der Waals surface area contributed by atoms with Crippen molar-refractivity contribution in [1.29, 1.82) is 0 Å². The molecule has 1 aromatic rings. The van der Waals surface area contributed by atoms with Crippen molar-refractivity contribution in [3.05, 3.63) is 23.8 Å². The van der Waals surface area contributed by atoms with E-state index >= 15 is 0 Å². The first-order valence-corrected chi connectivity index (χ1v) is 13.9. The summed E-state index contributed by atoms with van der Waals surface area (Å²) in [6.45, 7) is 13.4. The third kappa shape index (κ3) is 15.1. The van der Waals surface area contributed by atoms with E-state index in [2.05, 4.69) is 0 Å². The maximum Gasteiger partial charge on any atom is 0.513 e. The molecule has 0 amide bonds. The Morgan fingerprint density at radius 1 is 0.707 bits per heavy atom. The third-order valence-corrected chi connectivity index (χ3v) is 5.81. The van der Waals surface area contributed by atoms with E-state index in [1.54, 1.807) is 13.0 Å². The second kappa shape index (κ2) is 18.7. The largest absolute Gasteiger partial charge is 0.513 e. The summed E-state index contributed by atoms with van der Waals surface area (Å²) in [7, 11) is 0. The minimum absolute atomic E-state index is 0.000141. The predicted octanol–water partition coefficient (Wildman–Crippen LogP) is 5.42. The highest BCUT2D eigenvalue weighted by atomic mass is 16.7. The van der Waals surface area contributed by atoms with Crippen molar-refractivity contribution in [3.8, 4) is 11.5 Å². The highest BCUT2D eigenvalue weighted by molar-refractivity contribution is 5.76. The molecule has 2 N–H and O–H groups in total. The maximum atomic E-state index is 12.5. The minimum Gasteiger partial charge on any atom is -0.458 e. The summed E-state index contributed by atoms with van der Waals surface area (Å²) in [5, 5.41) is 0. The van der Waals surface area contributed by atoms with Gasteiger partial charge in [-0.3, -0.25) is 4.79 Å². The van der Waals surface area contributed by atoms with Gasteiger partial charge in [-0.25, -0.2) is 14.4 Å². The lowest BCUT2D eigenvalue weighted by Gasteiger charge is -2.18. The molecule has 1 rings (SSSR count). The molecule has 0 aliphatic heterocycles. The van der Waals surface area contributed by atoms with Crippen molar-refractivity contribution in [3.63, 3.8) is 0 Å². The lowest BCUT2D eigenvalue weighted by molar-refractivity contribution is -0.152. The summed E-state index contributed by atoms with van der Waals surface area (Å²) >= 11 is 0. The van der Waals surface area contributed by atoms with Crippen LogP contribution >= 0.6 is 0 Å². The fourth-order valence-electron chi connectivity index (χ4n) is 2.86. The first kappa shape index (κ1) is 35.5. The summed E-state index contributed by atoms with van der Waals surface area (Å²) < 4.78 is 35.9. The molecule has 12 heteroatoms. The predicted molar refractivity (Wildman–Crippen MR) is 149 cm³/mol. The average molecular weight is 584 g/mol. The highest BCUT2D eigenvalue weighted by Gasteiger charge is 2.22. The van der Waals surface area contributed by atoms with E-state index in [1.807, 2.05) is 41.5 Å². The molecule has 0 radical (unpaired) electrons. The zero-order chi connectivity index (χ0) is 30.9. The SMILES string of the molecule is CCC(C)COC(=O)Oc1ccc(C[C@H](N)C(=O)O[C@@H](C)COC(=O)OCC(C)C)cc1OC(=O)OCC(C)CC. The van der Waals surface area contributed by atoms with Crippen molar-refractivity contribution in [2.45, 2.75) is 79.9 Å². The molecule has 0 aliphatic carbocycles. The van der Waals surface area contributed by atoms with Crippen LogP contribution in [-0.4, -0.2) is 63.0 Å². The van der Waals surface area contributed by atoms with Crippen molar-refractivity contribution in [1.82, 2.24) is 0 Å². The van der Waals surface area contributed by atoms with Gasteiger partial charge < -0.3 is 38.9 Å². The Hall–Kier alpha value is -3.54. The fourth-order valence-corrected chi connectivity index (χ4v) is 2.86. The summed E-state index contributed by atoms with van der Waals surface area (Å²) in [6, 6.07) is 3.27. The van der Waals surface area contributed by atoms with Crippen LogP contribution in [0, 0.1) is 17.8 Å². The van der Waals surface area contributed by atoms with Crippen LogP contribution in [0.15, 0.2) is 18.2 Å². The van der Waals surface area contributed by atoms with Gasteiger partial charge in [0.25, 0.3) is 0 Å². The molecule has 41 heavy (non-hydrogen) atoms. The van der Waals surface area contributed by atoms with E-state index in [0.717, 1.165) is 12.8 Å². The van der Waals surface area contributed by atoms with Gasteiger partial charge in [0.05, 0.1) is 19.8 Å². The van der Waals surface area contributed by atoms with Crippen LogP contribution in [0.4, 0.5) is 14.4 Å². The third-order valence-electron chi connectivity index (χ3n) is 5.81. The van der Waals surface area contributed by atoms with Crippen molar-refractivity contribution in [2.75, 3.05) is 26.4 Å². The number of esters is 1. The van der Waals surface area contributed by atoms with Gasteiger partial charge in [-0.2, -0.15) is 0 Å². The molecule has 0 saturated heterocycles. The van der Waals surface area contributed by atoms with Crippen LogP contribution in [0.1, 0.15) is 66.9 Å². The molecule has 0 spiro atoms. The fraction of sp³-hybridized carbons (Fsp3) is 0.655. The summed E-state index contributed by atoms with van der Waals surface area (Å²) in [4.78, 5) is 48.6. The molecule has 4 atom stereocenters. The monoisotopic (exact) mass is 583 g/mol. The van der Waals surface area contributed by atoms with Gasteiger partial charge >= 0.3 is 24.4 Å².